The lowest BCUT2D eigenvalue weighted by molar-refractivity contribution is 0.102. The maximum absolute atomic E-state index is 12.4. The van der Waals surface area contributed by atoms with Crippen LogP contribution < -0.4 is 20.1 Å². The van der Waals surface area contributed by atoms with Crippen LogP contribution in [0.3, 0.4) is 0 Å². The van der Waals surface area contributed by atoms with Crippen molar-refractivity contribution in [2.75, 3.05) is 24.9 Å². The number of halogens is 1. The number of rotatable bonds is 6. The molecule has 0 spiro atoms. The lowest BCUT2D eigenvalue weighted by Gasteiger charge is -2.12. The van der Waals surface area contributed by atoms with Gasteiger partial charge in [-0.05, 0) is 55.0 Å². The summed E-state index contributed by atoms with van der Waals surface area (Å²) in [6, 6.07) is 14.3. The SMILES string of the molecule is COc1ccc(NC(=O)c2ccc(Nc3cc(C)ccc3OC)cn2)cc1Cl. The van der Waals surface area contributed by atoms with Gasteiger partial charge in [0, 0.05) is 5.69 Å². The Balaban J connectivity index is 1.71. The number of anilines is 3. The Bertz CT molecular complexity index is 991. The predicted octanol–water partition coefficient (Wildman–Crippen LogP) is 5.06. The van der Waals surface area contributed by atoms with Gasteiger partial charge < -0.3 is 20.1 Å². The van der Waals surface area contributed by atoms with Gasteiger partial charge in [-0.15, -0.1) is 0 Å². The molecule has 0 fully saturated rings. The molecule has 0 saturated heterocycles. The number of ether oxygens (including phenoxy) is 2. The molecule has 3 rings (SSSR count). The molecule has 1 heterocycles. The number of benzene rings is 2. The third-order valence-electron chi connectivity index (χ3n) is 4.04. The highest BCUT2D eigenvalue weighted by Crippen LogP contribution is 2.29. The van der Waals surface area contributed by atoms with Gasteiger partial charge in [-0.2, -0.15) is 0 Å². The van der Waals surface area contributed by atoms with E-state index in [1.807, 2.05) is 25.1 Å². The van der Waals surface area contributed by atoms with Gasteiger partial charge in [-0.25, -0.2) is 4.98 Å². The number of nitrogens with one attached hydrogen (secondary N) is 2. The number of amides is 1. The van der Waals surface area contributed by atoms with Crippen molar-refractivity contribution in [3.05, 3.63) is 71.0 Å². The Kier molecular flexibility index (Phi) is 6.01. The maximum atomic E-state index is 12.4. The van der Waals surface area contributed by atoms with E-state index in [1.54, 1.807) is 43.6 Å². The maximum Gasteiger partial charge on any atom is 0.274 e. The minimum Gasteiger partial charge on any atom is -0.495 e. The zero-order chi connectivity index (χ0) is 20.1. The van der Waals surface area contributed by atoms with Gasteiger partial charge in [0.25, 0.3) is 5.91 Å². The molecule has 0 radical (unpaired) electrons. The number of aromatic nitrogens is 1. The zero-order valence-electron chi connectivity index (χ0n) is 15.7. The van der Waals surface area contributed by atoms with Crippen molar-refractivity contribution < 1.29 is 14.3 Å². The van der Waals surface area contributed by atoms with Crippen molar-refractivity contribution in [1.29, 1.82) is 0 Å². The molecule has 1 amide bonds. The number of carbonyl (C=O) groups is 1. The van der Waals surface area contributed by atoms with E-state index >= 15 is 0 Å². The highest BCUT2D eigenvalue weighted by atomic mass is 35.5. The molecular formula is C21H20ClN3O3. The van der Waals surface area contributed by atoms with E-state index in [0.717, 1.165) is 22.7 Å². The van der Waals surface area contributed by atoms with Crippen molar-refractivity contribution in [2.24, 2.45) is 0 Å². The molecule has 2 N–H and O–H groups in total. The fourth-order valence-electron chi connectivity index (χ4n) is 2.62. The van der Waals surface area contributed by atoms with Crippen LogP contribution in [0, 0.1) is 6.92 Å². The third-order valence-corrected chi connectivity index (χ3v) is 4.34. The van der Waals surface area contributed by atoms with E-state index in [9.17, 15) is 4.79 Å². The number of hydrogen-bond acceptors (Lipinski definition) is 5. The van der Waals surface area contributed by atoms with Crippen LogP contribution in [-0.2, 0) is 0 Å². The zero-order valence-corrected chi connectivity index (χ0v) is 16.5. The molecule has 0 atom stereocenters. The van der Waals surface area contributed by atoms with Crippen LogP contribution in [-0.4, -0.2) is 25.1 Å². The van der Waals surface area contributed by atoms with E-state index in [4.69, 9.17) is 21.1 Å². The van der Waals surface area contributed by atoms with Crippen LogP contribution in [0.15, 0.2) is 54.7 Å². The normalized spacial score (nSPS) is 10.3. The Labute approximate surface area is 168 Å². The van der Waals surface area contributed by atoms with Gasteiger partial charge in [0.2, 0.25) is 0 Å². The van der Waals surface area contributed by atoms with Crippen molar-refractivity contribution >= 4 is 34.6 Å². The fraction of sp³-hybridized carbons (Fsp3) is 0.143. The van der Waals surface area contributed by atoms with Crippen LogP contribution in [0.5, 0.6) is 11.5 Å². The molecule has 3 aromatic rings. The first-order valence-corrected chi connectivity index (χ1v) is 8.90. The quantitative estimate of drug-likeness (QED) is 0.608. The minimum atomic E-state index is -0.332. The van der Waals surface area contributed by atoms with Crippen molar-refractivity contribution in [1.82, 2.24) is 4.98 Å². The van der Waals surface area contributed by atoms with Crippen molar-refractivity contribution in [3.63, 3.8) is 0 Å². The van der Waals surface area contributed by atoms with E-state index < -0.39 is 0 Å². The Hall–Kier alpha value is -3.25. The smallest absolute Gasteiger partial charge is 0.274 e. The third kappa shape index (κ3) is 4.53. The second-order valence-electron chi connectivity index (χ2n) is 6.06. The number of methoxy groups -OCH3 is 2. The van der Waals surface area contributed by atoms with E-state index in [0.29, 0.717) is 16.5 Å². The first-order chi connectivity index (χ1) is 13.5. The van der Waals surface area contributed by atoms with Crippen LogP contribution >= 0.6 is 11.6 Å². The van der Waals surface area contributed by atoms with E-state index in [1.165, 1.54) is 7.11 Å². The summed E-state index contributed by atoms with van der Waals surface area (Å²) in [6.07, 6.45) is 1.59. The number of aryl methyl sites for hydroxylation is 1. The average Bonchev–Trinajstić information content (AvgIpc) is 2.69. The molecule has 0 aliphatic carbocycles. The molecule has 6 nitrogen and oxygen atoms in total. The molecule has 0 saturated carbocycles. The fourth-order valence-corrected chi connectivity index (χ4v) is 2.87. The van der Waals surface area contributed by atoms with Crippen LogP contribution in [0.1, 0.15) is 16.1 Å². The summed E-state index contributed by atoms with van der Waals surface area (Å²) in [7, 11) is 3.15. The van der Waals surface area contributed by atoms with E-state index in [-0.39, 0.29) is 11.6 Å². The molecule has 2 aromatic carbocycles. The summed E-state index contributed by atoms with van der Waals surface area (Å²) >= 11 is 6.08. The standard InChI is InChI=1S/C21H20ClN3O3/c1-13-4-8-20(28-3)18(10-13)24-15-5-7-17(23-12-15)21(26)25-14-6-9-19(27-2)16(22)11-14/h4-12,24H,1-3H3,(H,25,26). The molecule has 0 bridgehead atoms. The second-order valence-corrected chi connectivity index (χ2v) is 6.47. The highest BCUT2D eigenvalue weighted by Gasteiger charge is 2.10. The van der Waals surface area contributed by atoms with Crippen molar-refractivity contribution in [3.8, 4) is 11.5 Å². The molecular weight excluding hydrogens is 378 g/mol. The predicted molar refractivity (Wildman–Crippen MR) is 111 cm³/mol. The lowest BCUT2D eigenvalue weighted by Crippen LogP contribution is -2.13. The van der Waals surface area contributed by atoms with Gasteiger partial charge in [-0.3, -0.25) is 4.79 Å². The Morgan fingerprint density at radius 3 is 2.32 bits per heavy atom. The first-order valence-electron chi connectivity index (χ1n) is 8.53. The minimum absolute atomic E-state index is 0.286. The Morgan fingerprint density at radius 2 is 1.68 bits per heavy atom. The average molecular weight is 398 g/mol. The summed E-state index contributed by atoms with van der Waals surface area (Å²) in [4.78, 5) is 16.6. The molecule has 28 heavy (non-hydrogen) atoms. The molecule has 0 unspecified atom stereocenters. The van der Waals surface area contributed by atoms with Crippen LogP contribution in [0.4, 0.5) is 17.1 Å². The van der Waals surface area contributed by atoms with Gasteiger partial charge >= 0.3 is 0 Å². The largest absolute Gasteiger partial charge is 0.495 e. The van der Waals surface area contributed by atoms with Crippen LogP contribution in [0.25, 0.3) is 0 Å². The second kappa shape index (κ2) is 8.63. The molecule has 0 aliphatic rings. The Morgan fingerprint density at radius 1 is 0.964 bits per heavy atom. The monoisotopic (exact) mass is 397 g/mol. The molecule has 7 heteroatoms. The van der Waals surface area contributed by atoms with E-state index in [2.05, 4.69) is 15.6 Å². The summed E-state index contributed by atoms with van der Waals surface area (Å²) in [5.74, 6) is 0.935. The van der Waals surface area contributed by atoms with Crippen molar-refractivity contribution in [2.45, 2.75) is 6.92 Å². The van der Waals surface area contributed by atoms with Gasteiger partial charge in [0.05, 0.1) is 36.8 Å². The molecule has 144 valence electrons. The molecule has 1 aromatic heterocycles. The van der Waals surface area contributed by atoms with Crippen LogP contribution in [0.2, 0.25) is 5.02 Å². The highest BCUT2D eigenvalue weighted by molar-refractivity contribution is 6.32. The summed E-state index contributed by atoms with van der Waals surface area (Å²) in [6.45, 7) is 2.00. The topological polar surface area (TPSA) is 72.5 Å². The van der Waals surface area contributed by atoms with Gasteiger partial charge in [0.1, 0.15) is 17.2 Å². The number of carbonyl (C=O) groups excluding carboxylic acids is 1. The summed E-state index contributed by atoms with van der Waals surface area (Å²) < 4.78 is 10.5. The van der Waals surface area contributed by atoms with Gasteiger partial charge in [-0.1, -0.05) is 17.7 Å². The van der Waals surface area contributed by atoms with Gasteiger partial charge in [0.15, 0.2) is 0 Å². The summed E-state index contributed by atoms with van der Waals surface area (Å²) in [5.41, 5.74) is 3.52. The lowest BCUT2D eigenvalue weighted by atomic mass is 10.2. The first kappa shape index (κ1) is 19.5. The number of nitrogens with zero attached hydrogens (tertiary/aromatic N) is 1. The molecule has 0 aliphatic heterocycles. The number of hydrogen-bond donors (Lipinski definition) is 2. The summed E-state index contributed by atoms with van der Waals surface area (Å²) in [5, 5.41) is 6.43. The number of pyridine rings is 1.